The van der Waals surface area contributed by atoms with Gasteiger partial charge in [0.05, 0.1) is 0 Å². The van der Waals surface area contributed by atoms with Gasteiger partial charge in [-0.1, -0.05) is 0 Å². The van der Waals surface area contributed by atoms with Crippen LogP contribution in [0.5, 0.6) is 0 Å². The fourth-order valence-corrected chi connectivity index (χ4v) is 1.34. The normalized spacial score (nSPS) is 12.1. The van der Waals surface area contributed by atoms with E-state index in [1.54, 1.807) is 0 Å². The average Bonchev–Trinajstić information content (AvgIpc) is 2.23. The molecular formula is C10H14F6N2O3. The number of rotatable bonds is 7. The van der Waals surface area contributed by atoms with E-state index in [4.69, 9.17) is 5.11 Å². The van der Waals surface area contributed by atoms with Gasteiger partial charge in [0, 0.05) is 13.0 Å². The second-order valence-corrected chi connectivity index (χ2v) is 4.17. The highest BCUT2D eigenvalue weighted by molar-refractivity contribution is 5.80. The number of carboxylic acids is 1. The number of carbonyl (C=O) groups excluding carboxylic acids is 1. The molecule has 0 aliphatic heterocycles. The summed E-state index contributed by atoms with van der Waals surface area (Å²) in [4.78, 5) is 21.7. The van der Waals surface area contributed by atoms with Crippen LogP contribution in [0.4, 0.5) is 31.1 Å². The van der Waals surface area contributed by atoms with Crippen LogP contribution in [0.3, 0.4) is 0 Å². The van der Waals surface area contributed by atoms with Crippen LogP contribution in [0, 0.1) is 0 Å². The number of aliphatic carboxylic acids is 1. The molecule has 0 rings (SSSR count). The maximum Gasteiger partial charge on any atom is 0.406 e. The van der Waals surface area contributed by atoms with Crippen LogP contribution in [-0.2, 0) is 4.79 Å². The Morgan fingerprint density at radius 2 is 1.57 bits per heavy atom. The summed E-state index contributed by atoms with van der Waals surface area (Å²) in [6.07, 6.45) is -10.6. The van der Waals surface area contributed by atoms with Crippen LogP contribution < -0.4 is 5.32 Å². The number of carbonyl (C=O) groups is 2. The Kier molecular flexibility index (Phi) is 7.30. The highest BCUT2D eigenvalue weighted by atomic mass is 19.4. The lowest BCUT2D eigenvalue weighted by atomic mass is 10.2. The topological polar surface area (TPSA) is 69.6 Å². The van der Waals surface area contributed by atoms with Gasteiger partial charge in [0.2, 0.25) is 0 Å². The first-order chi connectivity index (χ1) is 9.41. The minimum atomic E-state index is -4.77. The van der Waals surface area contributed by atoms with Crippen molar-refractivity contribution in [2.24, 2.45) is 0 Å². The maximum atomic E-state index is 12.2. The summed E-state index contributed by atoms with van der Waals surface area (Å²) in [6, 6.07) is -1.29. The Balaban J connectivity index is 4.20. The summed E-state index contributed by atoms with van der Waals surface area (Å²) in [7, 11) is 0. The fraction of sp³-hybridized carbons (Fsp3) is 0.800. The van der Waals surface area contributed by atoms with E-state index in [2.05, 4.69) is 0 Å². The predicted octanol–water partition coefficient (Wildman–Crippen LogP) is 2.38. The molecule has 0 aliphatic carbocycles. The van der Waals surface area contributed by atoms with Gasteiger partial charge < -0.3 is 15.3 Å². The molecule has 11 heteroatoms. The summed E-state index contributed by atoms with van der Waals surface area (Å²) in [5.41, 5.74) is 0. The molecule has 0 bridgehead atoms. The number of hydrogen-bond acceptors (Lipinski definition) is 2. The number of urea groups is 1. The van der Waals surface area contributed by atoms with Crippen molar-refractivity contribution in [3.05, 3.63) is 0 Å². The Morgan fingerprint density at radius 3 is 2.00 bits per heavy atom. The molecular weight excluding hydrogens is 310 g/mol. The van der Waals surface area contributed by atoms with Crippen LogP contribution in [0.2, 0.25) is 0 Å². The van der Waals surface area contributed by atoms with E-state index in [0.717, 1.165) is 0 Å². The summed E-state index contributed by atoms with van der Waals surface area (Å²) in [5, 5.41) is 10.4. The lowest BCUT2D eigenvalue weighted by Gasteiger charge is -2.22. The first-order valence-corrected chi connectivity index (χ1v) is 5.79. The number of carboxylic acid groups (broad SMARTS) is 1. The van der Waals surface area contributed by atoms with Crippen molar-refractivity contribution in [2.45, 2.75) is 31.6 Å². The Morgan fingerprint density at radius 1 is 1.00 bits per heavy atom. The number of hydrogen-bond donors (Lipinski definition) is 2. The summed E-state index contributed by atoms with van der Waals surface area (Å²) < 4.78 is 71.9. The van der Waals surface area contributed by atoms with Gasteiger partial charge in [0.15, 0.2) is 0 Å². The predicted molar refractivity (Wildman–Crippen MR) is 58.6 cm³/mol. The van der Waals surface area contributed by atoms with Gasteiger partial charge in [0.25, 0.3) is 0 Å². The van der Waals surface area contributed by atoms with E-state index in [1.807, 2.05) is 5.32 Å². The average molecular weight is 324 g/mol. The Labute approximate surface area is 115 Å². The molecule has 0 spiro atoms. The molecule has 0 fully saturated rings. The number of nitrogens with one attached hydrogen (secondary N) is 1. The molecule has 0 aliphatic rings. The zero-order valence-electron chi connectivity index (χ0n) is 10.7. The fourth-order valence-electron chi connectivity index (χ4n) is 1.34. The summed E-state index contributed by atoms with van der Waals surface area (Å²) in [6.45, 7) is -3.19. The number of unbranched alkanes of at least 4 members (excludes halogenated alkanes) is 1. The summed E-state index contributed by atoms with van der Waals surface area (Å²) >= 11 is 0. The zero-order chi connectivity index (χ0) is 16.7. The molecule has 21 heavy (non-hydrogen) atoms. The van der Waals surface area contributed by atoms with Gasteiger partial charge in [0.1, 0.15) is 13.1 Å². The zero-order valence-corrected chi connectivity index (χ0v) is 10.7. The molecule has 0 unspecified atom stereocenters. The quantitative estimate of drug-likeness (QED) is 0.558. The minimum Gasteiger partial charge on any atom is -0.480 e. The van der Waals surface area contributed by atoms with Gasteiger partial charge in [-0.15, -0.1) is 0 Å². The van der Waals surface area contributed by atoms with Gasteiger partial charge in [-0.2, -0.15) is 26.3 Å². The maximum absolute atomic E-state index is 12.2. The third-order valence-electron chi connectivity index (χ3n) is 2.15. The van der Waals surface area contributed by atoms with Crippen LogP contribution >= 0.6 is 0 Å². The summed E-state index contributed by atoms with van der Waals surface area (Å²) in [5.74, 6) is -1.63. The smallest absolute Gasteiger partial charge is 0.406 e. The van der Waals surface area contributed by atoms with Crippen LogP contribution in [-0.4, -0.2) is 54.0 Å². The van der Waals surface area contributed by atoms with Crippen molar-refractivity contribution < 1.29 is 41.0 Å². The first-order valence-electron chi connectivity index (χ1n) is 5.79. The van der Waals surface area contributed by atoms with E-state index < -0.39 is 43.9 Å². The van der Waals surface area contributed by atoms with Crippen molar-refractivity contribution in [2.75, 3.05) is 19.6 Å². The third kappa shape index (κ3) is 11.8. The lowest BCUT2D eigenvalue weighted by Crippen LogP contribution is -2.47. The lowest BCUT2D eigenvalue weighted by molar-refractivity contribution is -0.149. The number of amides is 2. The van der Waals surface area contributed by atoms with Crippen LogP contribution in [0.25, 0.3) is 0 Å². The molecule has 124 valence electrons. The SMILES string of the molecule is O=C(O)CN(CC(F)(F)F)C(=O)NCCCCC(F)(F)F. The largest absolute Gasteiger partial charge is 0.480 e. The van der Waals surface area contributed by atoms with Crippen molar-refractivity contribution in [3.8, 4) is 0 Å². The first kappa shape index (κ1) is 19.3. The molecule has 0 saturated heterocycles. The standard InChI is InChI=1S/C10H14F6N2O3/c11-9(12,13)3-1-2-4-17-8(21)18(5-7(19)20)6-10(14,15)16/h1-6H2,(H,17,21)(H,19,20). The molecule has 0 saturated carbocycles. The van der Waals surface area contributed by atoms with E-state index in [0.29, 0.717) is 0 Å². The van der Waals surface area contributed by atoms with E-state index in [-0.39, 0.29) is 24.3 Å². The van der Waals surface area contributed by atoms with Crippen LogP contribution in [0.1, 0.15) is 19.3 Å². The molecule has 5 nitrogen and oxygen atoms in total. The molecule has 0 heterocycles. The molecule has 0 aromatic heterocycles. The highest BCUT2D eigenvalue weighted by Crippen LogP contribution is 2.21. The Bertz CT molecular complexity index is 356. The van der Waals surface area contributed by atoms with E-state index in [9.17, 15) is 35.9 Å². The van der Waals surface area contributed by atoms with Crippen molar-refractivity contribution in [1.82, 2.24) is 10.2 Å². The van der Waals surface area contributed by atoms with E-state index in [1.165, 1.54) is 0 Å². The number of alkyl halides is 6. The molecule has 0 aromatic carbocycles. The second kappa shape index (κ2) is 7.93. The third-order valence-corrected chi connectivity index (χ3v) is 2.15. The molecule has 0 radical (unpaired) electrons. The second-order valence-electron chi connectivity index (χ2n) is 4.17. The molecule has 0 atom stereocenters. The van der Waals surface area contributed by atoms with Crippen molar-refractivity contribution in [3.63, 3.8) is 0 Å². The van der Waals surface area contributed by atoms with E-state index >= 15 is 0 Å². The monoisotopic (exact) mass is 324 g/mol. The highest BCUT2D eigenvalue weighted by Gasteiger charge is 2.34. The Hall–Kier alpha value is -1.68. The van der Waals surface area contributed by atoms with Gasteiger partial charge in [-0.05, 0) is 12.8 Å². The molecule has 0 aromatic rings. The molecule has 2 N–H and O–H groups in total. The number of nitrogens with zero attached hydrogens (tertiary/aromatic N) is 1. The minimum absolute atomic E-state index is 0.0199. The van der Waals surface area contributed by atoms with Gasteiger partial charge in [-0.3, -0.25) is 4.79 Å². The van der Waals surface area contributed by atoms with Gasteiger partial charge in [-0.25, -0.2) is 4.79 Å². The number of halogens is 6. The molecule has 2 amide bonds. The van der Waals surface area contributed by atoms with Gasteiger partial charge >= 0.3 is 24.4 Å². The van der Waals surface area contributed by atoms with Crippen molar-refractivity contribution in [1.29, 1.82) is 0 Å². The van der Waals surface area contributed by atoms with Crippen LogP contribution in [0.15, 0.2) is 0 Å². The van der Waals surface area contributed by atoms with Crippen molar-refractivity contribution >= 4 is 12.0 Å².